The molecule has 5 heteroatoms. The highest BCUT2D eigenvalue weighted by Crippen LogP contribution is 2.32. The number of benzene rings is 2. The second-order valence-corrected chi connectivity index (χ2v) is 4.62. The normalized spacial score (nSPS) is 11.2. The van der Waals surface area contributed by atoms with Crippen molar-refractivity contribution in [3.05, 3.63) is 64.7 Å². The van der Waals surface area contributed by atoms with Crippen LogP contribution in [-0.2, 0) is 12.8 Å². The van der Waals surface area contributed by atoms with Gasteiger partial charge in [-0.3, -0.25) is 4.79 Å². The molecule has 110 valence electrons. The summed E-state index contributed by atoms with van der Waals surface area (Å²) in [5, 5.41) is 0. The Kier molecular flexibility index (Phi) is 4.31. The first kappa shape index (κ1) is 15.1. The van der Waals surface area contributed by atoms with Crippen LogP contribution in [0.1, 0.15) is 27.0 Å². The summed E-state index contributed by atoms with van der Waals surface area (Å²) in [5.41, 5.74) is 0.902. The zero-order valence-electron chi connectivity index (χ0n) is 11.3. The zero-order valence-corrected chi connectivity index (χ0v) is 11.3. The van der Waals surface area contributed by atoms with Crippen molar-refractivity contribution in [3.8, 4) is 5.75 Å². The van der Waals surface area contributed by atoms with Gasteiger partial charge in [-0.2, -0.15) is 13.2 Å². The number of carbonyl (C=O) groups excluding carboxylic acids is 1. The second kappa shape index (κ2) is 5.99. The Morgan fingerprint density at radius 1 is 1.14 bits per heavy atom. The topological polar surface area (TPSA) is 26.3 Å². The van der Waals surface area contributed by atoms with E-state index in [0.29, 0.717) is 6.29 Å². The van der Waals surface area contributed by atoms with Gasteiger partial charge in [-0.1, -0.05) is 24.3 Å². The van der Waals surface area contributed by atoms with Gasteiger partial charge in [0.2, 0.25) is 0 Å². The van der Waals surface area contributed by atoms with E-state index < -0.39 is 11.7 Å². The van der Waals surface area contributed by atoms with Crippen molar-refractivity contribution in [1.82, 2.24) is 0 Å². The molecule has 21 heavy (non-hydrogen) atoms. The molecule has 2 rings (SSSR count). The third kappa shape index (κ3) is 3.84. The van der Waals surface area contributed by atoms with E-state index in [1.807, 2.05) is 31.2 Å². The van der Waals surface area contributed by atoms with Gasteiger partial charge < -0.3 is 4.74 Å². The number of hydrogen-bond donors (Lipinski definition) is 0. The van der Waals surface area contributed by atoms with Crippen LogP contribution in [0, 0.1) is 6.92 Å². The van der Waals surface area contributed by atoms with E-state index in [9.17, 15) is 18.0 Å². The SMILES string of the molecule is Cc1ccccc1COc1cc(C=O)cc(C(F)(F)F)c1. The van der Waals surface area contributed by atoms with Crippen LogP contribution < -0.4 is 4.74 Å². The Bertz CT molecular complexity index is 648. The van der Waals surface area contributed by atoms with Crippen molar-refractivity contribution >= 4 is 6.29 Å². The molecule has 0 heterocycles. The number of aryl methyl sites for hydroxylation is 1. The number of ether oxygens (including phenoxy) is 1. The Morgan fingerprint density at radius 2 is 1.86 bits per heavy atom. The molecule has 0 unspecified atom stereocenters. The fourth-order valence-electron chi connectivity index (χ4n) is 1.87. The number of hydrogen-bond acceptors (Lipinski definition) is 2. The quantitative estimate of drug-likeness (QED) is 0.781. The summed E-state index contributed by atoms with van der Waals surface area (Å²) in [7, 11) is 0. The summed E-state index contributed by atoms with van der Waals surface area (Å²) in [6, 6.07) is 10.4. The van der Waals surface area contributed by atoms with Gasteiger partial charge in [-0.25, -0.2) is 0 Å². The summed E-state index contributed by atoms with van der Waals surface area (Å²) in [4.78, 5) is 10.7. The molecule has 0 saturated carbocycles. The van der Waals surface area contributed by atoms with Crippen LogP contribution in [-0.4, -0.2) is 6.29 Å². The van der Waals surface area contributed by atoms with Crippen LogP contribution >= 0.6 is 0 Å². The molecule has 0 N–H and O–H groups in total. The molecule has 0 aliphatic heterocycles. The molecular formula is C16H13F3O2. The van der Waals surface area contributed by atoms with Crippen LogP contribution in [0.2, 0.25) is 0 Å². The van der Waals surface area contributed by atoms with Crippen molar-refractivity contribution < 1.29 is 22.7 Å². The summed E-state index contributed by atoms with van der Waals surface area (Å²) >= 11 is 0. The highest BCUT2D eigenvalue weighted by molar-refractivity contribution is 5.76. The Hall–Kier alpha value is -2.30. The van der Waals surface area contributed by atoms with E-state index in [0.717, 1.165) is 23.3 Å². The smallest absolute Gasteiger partial charge is 0.416 e. The van der Waals surface area contributed by atoms with E-state index in [2.05, 4.69) is 0 Å². The molecule has 0 aliphatic carbocycles. The number of alkyl halides is 3. The van der Waals surface area contributed by atoms with Crippen molar-refractivity contribution in [2.75, 3.05) is 0 Å². The van der Waals surface area contributed by atoms with E-state index in [1.165, 1.54) is 6.07 Å². The minimum Gasteiger partial charge on any atom is -0.489 e. The van der Waals surface area contributed by atoms with E-state index in [4.69, 9.17) is 4.74 Å². The van der Waals surface area contributed by atoms with Crippen molar-refractivity contribution in [2.45, 2.75) is 19.7 Å². The number of aldehydes is 1. The monoisotopic (exact) mass is 294 g/mol. The predicted octanol–water partition coefficient (Wildman–Crippen LogP) is 4.41. The predicted molar refractivity (Wildman–Crippen MR) is 72.3 cm³/mol. The standard InChI is InChI=1S/C16H13F3O2/c1-11-4-2-3-5-13(11)10-21-15-7-12(9-20)6-14(8-15)16(17,18)19/h2-9H,10H2,1H3. The molecule has 0 radical (unpaired) electrons. The average Bonchev–Trinajstić information content (AvgIpc) is 2.45. The summed E-state index contributed by atoms with van der Waals surface area (Å²) in [6.45, 7) is 2.04. The molecule has 2 aromatic carbocycles. The lowest BCUT2D eigenvalue weighted by atomic mass is 10.1. The third-order valence-corrected chi connectivity index (χ3v) is 3.05. The minimum atomic E-state index is -4.51. The van der Waals surface area contributed by atoms with Gasteiger partial charge in [0.1, 0.15) is 18.6 Å². The highest BCUT2D eigenvalue weighted by atomic mass is 19.4. The minimum absolute atomic E-state index is 0.0233. The maximum atomic E-state index is 12.7. The second-order valence-electron chi connectivity index (χ2n) is 4.62. The lowest BCUT2D eigenvalue weighted by Crippen LogP contribution is -2.07. The van der Waals surface area contributed by atoms with Gasteiger partial charge >= 0.3 is 6.18 Å². The van der Waals surface area contributed by atoms with E-state index >= 15 is 0 Å². The van der Waals surface area contributed by atoms with E-state index in [-0.39, 0.29) is 17.9 Å². The average molecular weight is 294 g/mol. The van der Waals surface area contributed by atoms with Gasteiger partial charge in [-0.05, 0) is 36.2 Å². The first-order valence-electron chi connectivity index (χ1n) is 6.25. The first-order valence-corrected chi connectivity index (χ1v) is 6.25. The largest absolute Gasteiger partial charge is 0.489 e. The van der Waals surface area contributed by atoms with Gasteiger partial charge in [0.25, 0.3) is 0 Å². The molecule has 0 saturated heterocycles. The highest BCUT2D eigenvalue weighted by Gasteiger charge is 2.31. The molecule has 0 fully saturated rings. The van der Waals surface area contributed by atoms with Crippen LogP contribution in [0.25, 0.3) is 0 Å². The zero-order chi connectivity index (χ0) is 15.5. The molecule has 0 aliphatic rings. The molecule has 0 spiro atoms. The van der Waals surface area contributed by atoms with Gasteiger partial charge in [0, 0.05) is 5.56 Å². The Morgan fingerprint density at radius 3 is 2.48 bits per heavy atom. The lowest BCUT2D eigenvalue weighted by molar-refractivity contribution is -0.137. The fourth-order valence-corrected chi connectivity index (χ4v) is 1.87. The maximum Gasteiger partial charge on any atom is 0.416 e. The van der Waals surface area contributed by atoms with Crippen LogP contribution in [0.5, 0.6) is 5.75 Å². The molecule has 2 aromatic rings. The lowest BCUT2D eigenvalue weighted by Gasteiger charge is -2.12. The van der Waals surface area contributed by atoms with Gasteiger partial charge in [0.15, 0.2) is 0 Å². The van der Waals surface area contributed by atoms with Crippen molar-refractivity contribution in [2.24, 2.45) is 0 Å². The summed E-state index contributed by atoms with van der Waals surface area (Å²) < 4.78 is 43.6. The molecule has 0 amide bonds. The fraction of sp³-hybridized carbons (Fsp3) is 0.188. The number of carbonyl (C=O) groups is 1. The third-order valence-electron chi connectivity index (χ3n) is 3.05. The molecule has 0 atom stereocenters. The van der Waals surface area contributed by atoms with Gasteiger partial charge in [-0.15, -0.1) is 0 Å². The molecule has 0 bridgehead atoms. The number of rotatable bonds is 4. The summed E-state index contributed by atoms with van der Waals surface area (Å²) in [6.07, 6.45) is -4.14. The van der Waals surface area contributed by atoms with Crippen LogP contribution in [0.15, 0.2) is 42.5 Å². The van der Waals surface area contributed by atoms with Gasteiger partial charge in [0.05, 0.1) is 5.56 Å². The van der Waals surface area contributed by atoms with Crippen LogP contribution in [0.4, 0.5) is 13.2 Å². The van der Waals surface area contributed by atoms with Crippen molar-refractivity contribution in [1.29, 1.82) is 0 Å². The molecule has 0 aromatic heterocycles. The first-order chi connectivity index (χ1) is 9.90. The molecule has 2 nitrogen and oxygen atoms in total. The van der Waals surface area contributed by atoms with Crippen molar-refractivity contribution in [3.63, 3.8) is 0 Å². The van der Waals surface area contributed by atoms with E-state index in [1.54, 1.807) is 0 Å². The number of halogens is 3. The van der Waals surface area contributed by atoms with Crippen LogP contribution in [0.3, 0.4) is 0 Å². The summed E-state index contributed by atoms with van der Waals surface area (Å²) in [5.74, 6) is 0.0233. The Balaban J connectivity index is 2.24. The Labute approximate surface area is 120 Å². The maximum absolute atomic E-state index is 12.7. The molecular weight excluding hydrogens is 281 g/mol.